The molecule has 7 heteroatoms. The fourth-order valence-electron chi connectivity index (χ4n) is 3.49. The normalized spacial score (nSPS) is 15.1. The Morgan fingerprint density at radius 2 is 1.86 bits per heavy atom. The quantitative estimate of drug-likeness (QED) is 0.579. The number of fused-ring (bicyclic) bond motifs is 1. The molecule has 142 valence electrons. The first kappa shape index (κ1) is 16.9. The molecule has 1 saturated carbocycles. The number of benzene rings is 1. The van der Waals surface area contributed by atoms with Crippen LogP contribution in [0.15, 0.2) is 42.6 Å². The molecule has 7 nitrogen and oxygen atoms in total. The molecule has 0 bridgehead atoms. The van der Waals surface area contributed by atoms with Crippen molar-refractivity contribution in [2.24, 2.45) is 0 Å². The molecule has 0 amide bonds. The van der Waals surface area contributed by atoms with Crippen molar-refractivity contribution < 1.29 is 0 Å². The van der Waals surface area contributed by atoms with Gasteiger partial charge in [0.15, 0.2) is 0 Å². The van der Waals surface area contributed by atoms with Crippen LogP contribution in [0.3, 0.4) is 0 Å². The third kappa shape index (κ3) is 2.93. The Morgan fingerprint density at radius 3 is 2.61 bits per heavy atom. The van der Waals surface area contributed by atoms with E-state index in [1.54, 1.807) is 0 Å². The molecule has 3 aromatic heterocycles. The van der Waals surface area contributed by atoms with Gasteiger partial charge in [0, 0.05) is 29.4 Å². The van der Waals surface area contributed by atoms with Gasteiger partial charge in [0.2, 0.25) is 5.95 Å². The molecular formula is C21H23N7. The van der Waals surface area contributed by atoms with E-state index < -0.39 is 0 Å². The van der Waals surface area contributed by atoms with Crippen LogP contribution in [0, 0.1) is 13.8 Å². The van der Waals surface area contributed by atoms with E-state index in [0.29, 0.717) is 18.3 Å². The maximum atomic E-state index is 4.67. The topological polar surface area (TPSA) is 72.9 Å². The number of aryl methyl sites for hydroxylation is 2. The van der Waals surface area contributed by atoms with Crippen LogP contribution in [0.5, 0.6) is 0 Å². The zero-order valence-corrected chi connectivity index (χ0v) is 16.3. The third-order valence-electron chi connectivity index (χ3n) is 5.52. The van der Waals surface area contributed by atoms with E-state index in [1.165, 1.54) is 18.5 Å². The summed E-state index contributed by atoms with van der Waals surface area (Å²) in [5, 5.41) is 12.6. The van der Waals surface area contributed by atoms with Crippen LogP contribution >= 0.6 is 0 Å². The summed E-state index contributed by atoms with van der Waals surface area (Å²) in [4.78, 5) is 9.14. The van der Waals surface area contributed by atoms with Gasteiger partial charge in [-0.25, -0.2) is 9.67 Å². The molecule has 0 atom stereocenters. The number of nitrogens with zero attached hydrogens (tertiary/aromatic N) is 6. The van der Waals surface area contributed by atoms with Crippen LogP contribution in [-0.4, -0.2) is 29.4 Å². The minimum atomic E-state index is 0.199. The fraction of sp³-hybridized carbons (Fsp3) is 0.333. The van der Waals surface area contributed by atoms with Gasteiger partial charge in [0.05, 0.1) is 17.1 Å². The Kier molecular flexibility index (Phi) is 3.72. The average molecular weight is 373 g/mol. The predicted octanol–water partition coefficient (Wildman–Crippen LogP) is 3.59. The molecule has 1 aromatic carbocycles. The maximum absolute atomic E-state index is 4.67. The monoisotopic (exact) mass is 373 g/mol. The van der Waals surface area contributed by atoms with Gasteiger partial charge in [-0.05, 0) is 44.9 Å². The summed E-state index contributed by atoms with van der Waals surface area (Å²) < 4.78 is 3.79. The first-order valence-corrected chi connectivity index (χ1v) is 9.61. The van der Waals surface area contributed by atoms with Gasteiger partial charge < -0.3 is 5.32 Å². The molecule has 1 aliphatic rings. The first-order valence-electron chi connectivity index (χ1n) is 9.61. The van der Waals surface area contributed by atoms with Gasteiger partial charge in [-0.15, -0.1) is 5.10 Å². The van der Waals surface area contributed by atoms with E-state index in [4.69, 9.17) is 0 Å². The Hall–Kier alpha value is -3.22. The lowest BCUT2D eigenvalue weighted by Gasteiger charge is -2.10. The molecule has 1 N–H and O–H groups in total. The highest BCUT2D eigenvalue weighted by molar-refractivity contribution is 5.42. The summed E-state index contributed by atoms with van der Waals surface area (Å²) in [6.07, 6.45) is 4.42. The van der Waals surface area contributed by atoms with Gasteiger partial charge >= 0.3 is 0 Å². The summed E-state index contributed by atoms with van der Waals surface area (Å²) in [6, 6.07) is 12.2. The van der Waals surface area contributed by atoms with Crippen LogP contribution in [0.4, 0.5) is 5.95 Å². The number of nitrogens with one attached hydrogen (secondary N) is 1. The number of hydrogen-bond acceptors (Lipinski definition) is 5. The maximum Gasteiger partial charge on any atom is 0.254 e. The highest BCUT2D eigenvalue weighted by atomic mass is 15.4. The zero-order valence-electron chi connectivity index (χ0n) is 16.3. The summed E-state index contributed by atoms with van der Waals surface area (Å²) in [6.45, 7) is 6.92. The third-order valence-corrected chi connectivity index (χ3v) is 5.52. The fourth-order valence-corrected chi connectivity index (χ4v) is 3.49. The van der Waals surface area contributed by atoms with Crippen LogP contribution in [-0.2, 0) is 12.0 Å². The largest absolute Gasteiger partial charge is 0.349 e. The highest BCUT2D eigenvalue weighted by Crippen LogP contribution is 2.47. The van der Waals surface area contributed by atoms with Crippen molar-refractivity contribution in [3.05, 3.63) is 65.2 Å². The Morgan fingerprint density at radius 1 is 1.07 bits per heavy atom. The van der Waals surface area contributed by atoms with Gasteiger partial charge in [-0.3, -0.25) is 0 Å². The second-order valence-electron chi connectivity index (χ2n) is 7.86. The van der Waals surface area contributed by atoms with E-state index in [1.807, 2.05) is 59.6 Å². The standard InChI is InChI=1S/C21H23N7/c1-14-11-18(21(3)9-10-21)28-20(23-14)24-19(26-28)22-12-16-13-27(25-15(16)2)17-7-5-4-6-8-17/h4-8,11,13H,9-10,12H2,1-3H3,(H,22,26). The highest BCUT2D eigenvalue weighted by Gasteiger charge is 2.41. The van der Waals surface area contributed by atoms with Crippen molar-refractivity contribution in [2.45, 2.75) is 45.6 Å². The molecule has 0 unspecified atom stereocenters. The van der Waals surface area contributed by atoms with Crippen molar-refractivity contribution in [1.82, 2.24) is 29.4 Å². The summed E-state index contributed by atoms with van der Waals surface area (Å²) >= 11 is 0. The van der Waals surface area contributed by atoms with Gasteiger partial charge in [-0.1, -0.05) is 25.1 Å². The summed E-state index contributed by atoms with van der Waals surface area (Å²) in [5.74, 6) is 1.25. The lowest BCUT2D eigenvalue weighted by atomic mass is 10.0. The van der Waals surface area contributed by atoms with Gasteiger partial charge in [-0.2, -0.15) is 14.6 Å². The second kappa shape index (κ2) is 6.15. The van der Waals surface area contributed by atoms with E-state index in [2.05, 4.69) is 38.5 Å². The molecule has 3 heterocycles. The Bertz CT molecular complexity index is 1150. The Balaban J connectivity index is 1.40. The Labute approximate surface area is 163 Å². The minimum Gasteiger partial charge on any atom is -0.349 e. The molecule has 0 saturated heterocycles. The molecule has 5 rings (SSSR count). The number of para-hydroxylation sites is 1. The summed E-state index contributed by atoms with van der Waals surface area (Å²) in [5.41, 5.74) is 5.52. The molecule has 28 heavy (non-hydrogen) atoms. The smallest absolute Gasteiger partial charge is 0.254 e. The molecular weight excluding hydrogens is 350 g/mol. The van der Waals surface area contributed by atoms with Gasteiger partial charge in [0.1, 0.15) is 0 Å². The van der Waals surface area contributed by atoms with Gasteiger partial charge in [0.25, 0.3) is 5.78 Å². The van der Waals surface area contributed by atoms with E-state index >= 15 is 0 Å². The zero-order chi connectivity index (χ0) is 19.3. The molecule has 4 aromatic rings. The van der Waals surface area contributed by atoms with Crippen molar-refractivity contribution >= 4 is 11.7 Å². The first-order chi connectivity index (χ1) is 13.5. The van der Waals surface area contributed by atoms with Crippen LogP contribution in [0.2, 0.25) is 0 Å². The number of hydrogen-bond donors (Lipinski definition) is 1. The second-order valence-corrected chi connectivity index (χ2v) is 7.86. The van der Waals surface area contributed by atoms with E-state index in [0.717, 1.165) is 22.6 Å². The van der Waals surface area contributed by atoms with E-state index in [9.17, 15) is 0 Å². The minimum absolute atomic E-state index is 0.199. The molecule has 0 radical (unpaired) electrons. The summed E-state index contributed by atoms with van der Waals surface area (Å²) in [7, 11) is 0. The number of anilines is 1. The molecule has 0 spiro atoms. The van der Waals surface area contributed by atoms with E-state index in [-0.39, 0.29) is 5.41 Å². The number of aromatic nitrogens is 6. The predicted molar refractivity (Wildman–Crippen MR) is 108 cm³/mol. The van der Waals surface area contributed by atoms with Crippen molar-refractivity contribution in [1.29, 1.82) is 0 Å². The van der Waals surface area contributed by atoms with Crippen molar-refractivity contribution in [3.8, 4) is 5.69 Å². The lowest BCUT2D eigenvalue weighted by molar-refractivity contribution is 0.693. The van der Waals surface area contributed by atoms with Crippen LogP contribution in [0.25, 0.3) is 11.5 Å². The van der Waals surface area contributed by atoms with Crippen molar-refractivity contribution in [3.63, 3.8) is 0 Å². The van der Waals surface area contributed by atoms with Crippen molar-refractivity contribution in [2.75, 3.05) is 5.32 Å². The number of rotatable bonds is 5. The molecule has 1 aliphatic carbocycles. The molecule has 1 fully saturated rings. The average Bonchev–Trinajstić information content (AvgIpc) is 3.14. The molecule has 0 aliphatic heterocycles. The lowest BCUT2D eigenvalue weighted by Crippen LogP contribution is -2.10. The SMILES string of the molecule is Cc1cc(C2(C)CC2)n2nc(NCc3cn(-c4ccccc4)nc3C)nc2n1. The van der Waals surface area contributed by atoms with Crippen LogP contribution in [0.1, 0.15) is 42.4 Å². The van der Waals surface area contributed by atoms with Crippen LogP contribution < -0.4 is 5.32 Å².